The Hall–Kier alpha value is -1.71. The molecule has 0 radical (unpaired) electrons. The van der Waals surface area contributed by atoms with Crippen LogP contribution in [0.4, 0.5) is 0 Å². The van der Waals surface area contributed by atoms with Gasteiger partial charge in [0.25, 0.3) is 0 Å². The second-order valence-electron chi connectivity index (χ2n) is 4.76. The van der Waals surface area contributed by atoms with Crippen molar-refractivity contribution < 1.29 is 4.74 Å². The van der Waals surface area contributed by atoms with Crippen molar-refractivity contribution in [3.63, 3.8) is 0 Å². The molecule has 0 aliphatic carbocycles. The fourth-order valence-electron chi connectivity index (χ4n) is 2.69. The number of ether oxygens (including phenoxy) is 1. The van der Waals surface area contributed by atoms with Crippen molar-refractivity contribution in [1.82, 2.24) is 10.3 Å². The average molecular weight is 254 g/mol. The minimum atomic E-state index is 0.150. The van der Waals surface area contributed by atoms with E-state index in [1.54, 1.807) is 0 Å². The Morgan fingerprint density at radius 1 is 1.26 bits per heavy atom. The summed E-state index contributed by atoms with van der Waals surface area (Å²) in [5, 5.41) is 3.20. The van der Waals surface area contributed by atoms with Crippen molar-refractivity contribution in [3.8, 4) is 11.3 Å². The number of rotatable bonds is 3. The van der Waals surface area contributed by atoms with E-state index in [9.17, 15) is 0 Å². The molecule has 19 heavy (non-hydrogen) atoms. The summed E-state index contributed by atoms with van der Waals surface area (Å²) >= 11 is 0. The molecule has 2 aromatic rings. The molecule has 3 nitrogen and oxygen atoms in total. The molecule has 1 aromatic heterocycles. The third kappa shape index (κ3) is 2.39. The lowest BCUT2D eigenvalue weighted by atomic mass is 9.91. The molecule has 3 rings (SSSR count). The Morgan fingerprint density at radius 2 is 2.21 bits per heavy atom. The number of aromatic nitrogens is 1. The van der Waals surface area contributed by atoms with Crippen molar-refractivity contribution in [3.05, 3.63) is 53.7 Å². The van der Waals surface area contributed by atoms with E-state index in [4.69, 9.17) is 4.74 Å². The van der Waals surface area contributed by atoms with Gasteiger partial charge in [0.1, 0.15) is 0 Å². The number of hydrogen-bond donors (Lipinski definition) is 1. The van der Waals surface area contributed by atoms with E-state index in [0.29, 0.717) is 0 Å². The van der Waals surface area contributed by atoms with Crippen LogP contribution >= 0.6 is 0 Å². The maximum absolute atomic E-state index is 5.85. The molecule has 2 heterocycles. The van der Waals surface area contributed by atoms with Crippen LogP contribution in [0.1, 0.15) is 17.2 Å². The lowest BCUT2D eigenvalue weighted by Crippen LogP contribution is -2.25. The highest BCUT2D eigenvalue weighted by Gasteiger charge is 2.22. The van der Waals surface area contributed by atoms with Crippen molar-refractivity contribution in [2.24, 2.45) is 0 Å². The topological polar surface area (TPSA) is 34.1 Å². The quantitative estimate of drug-likeness (QED) is 0.914. The summed E-state index contributed by atoms with van der Waals surface area (Å²) < 4.78 is 5.85. The lowest BCUT2D eigenvalue weighted by Gasteiger charge is -2.27. The average Bonchev–Trinajstić information content (AvgIpc) is 2.48. The Bertz CT molecular complexity index is 554. The molecule has 0 saturated heterocycles. The number of nitrogens with zero attached hydrogens (tertiary/aromatic N) is 1. The molecule has 0 spiro atoms. The molecule has 0 saturated carbocycles. The standard InChI is InChI=1S/C16H18N2O/c1-17-11-16-14-6-4-5-13(12(14)8-10-19-16)15-7-2-3-9-18-15/h2-7,9,16-17H,8,10-11H2,1H3. The predicted octanol–water partition coefficient (Wildman–Crippen LogP) is 2.58. The molecular formula is C16H18N2O. The first-order valence-corrected chi connectivity index (χ1v) is 6.69. The maximum atomic E-state index is 5.85. The second kappa shape index (κ2) is 5.51. The summed E-state index contributed by atoms with van der Waals surface area (Å²) in [4.78, 5) is 4.47. The van der Waals surface area contributed by atoms with Gasteiger partial charge in [-0.1, -0.05) is 24.3 Å². The van der Waals surface area contributed by atoms with Gasteiger partial charge in [-0.15, -0.1) is 0 Å². The van der Waals surface area contributed by atoms with E-state index in [0.717, 1.165) is 25.3 Å². The number of benzene rings is 1. The highest BCUT2D eigenvalue weighted by Crippen LogP contribution is 2.33. The van der Waals surface area contributed by atoms with Crippen molar-refractivity contribution in [1.29, 1.82) is 0 Å². The Morgan fingerprint density at radius 3 is 3.00 bits per heavy atom. The van der Waals surface area contributed by atoms with Gasteiger partial charge in [0.2, 0.25) is 0 Å². The van der Waals surface area contributed by atoms with Gasteiger partial charge in [-0.3, -0.25) is 4.98 Å². The van der Waals surface area contributed by atoms with Crippen LogP contribution in [0.2, 0.25) is 0 Å². The van der Waals surface area contributed by atoms with Crippen LogP contribution in [0.15, 0.2) is 42.6 Å². The van der Waals surface area contributed by atoms with Crippen LogP contribution in [0, 0.1) is 0 Å². The van der Waals surface area contributed by atoms with Gasteiger partial charge in [0, 0.05) is 18.3 Å². The smallest absolute Gasteiger partial charge is 0.0952 e. The molecule has 1 aromatic carbocycles. The summed E-state index contributed by atoms with van der Waals surface area (Å²) in [6, 6.07) is 12.5. The Kier molecular flexibility index (Phi) is 3.58. The van der Waals surface area contributed by atoms with E-state index in [-0.39, 0.29) is 6.10 Å². The van der Waals surface area contributed by atoms with Crippen LogP contribution in [0.5, 0.6) is 0 Å². The summed E-state index contributed by atoms with van der Waals surface area (Å²) in [5.74, 6) is 0. The number of nitrogens with one attached hydrogen (secondary N) is 1. The van der Waals surface area contributed by atoms with E-state index >= 15 is 0 Å². The predicted molar refractivity (Wildman–Crippen MR) is 76.0 cm³/mol. The zero-order chi connectivity index (χ0) is 13.1. The highest BCUT2D eigenvalue weighted by atomic mass is 16.5. The SMILES string of the molecule is CNCC1OCCc2c(-c3ccccn3)cccc21. The van der Waals surface area contributed by atoms with E-state index in [2.05, 4.69) is 34.6 Å². The van der Waals surface area contributed by atoms with E-state index in [1.807, 2.05) is 25.4 Å². The third-order valence-electron chi connectivity index (χ3n) is 3.56. The first-order valence-electron chi connectivity index (χ1n) is 6.69. The molecule has 98 valence electrons. The van der Waals surface area contributed by atoms with Crippen molar-refractivity contribution in [2.75, 3.05) is 20.2 Å². The molecule has 1 N–H and O–H groups in total. The summed E-state index contributed by atoms with van der Waals surface area (Å²) in [6.45, 7) is 1.63. The van der Waals surface area contributed by atoms with E-state index in [1.165, 1.54) is 16.7 Å². The Balaban J connectivity index is 2.06. The summed E-state index contributed by atoms with van der Waals surface area (Å²) in [6.07, 6.45) is 2.96. The van der Waals surface area contributed by atoms with Crippen molar-refractivity contribution >= 4 is 0 Å². The number of fused-ring (bicyclic) bond motifs is 1. The summed E-state index contributed by atoms with van der Waals surface area (Å²) in [5.41, 5.74) is 4.96. The lowest BCUT2D eigenvalue weighted by molar-refractivity contribution is 0.0440. The van der Waals surface area contributed by atoms with Gasteiger partial charge in [-0.2, -0.15) is 0 Å². The van der Waals surface area contributed by atoms with Crippen LogP contribution in [-0.2, 0) is 11.2 Å². The number of likely N-dealkylation sites (N-methyl/N-ethyl adjacent to an activating group) is 1. The van der Waals surface area contributed by atoms with Crippen LogP contribution in [0.25, 0.3) is 11.3 Å². The molecule has 0 fully saturated rings. The number of pyridine rings is 1. The van der Waals surface area contributed by atoms with Gasteiger partial charge in [-0.25, -0.2) is 0 Å². The molecular weight excluding hydrogens is 236 g/mol. The van der Waals surface area contributed by atoms with Gasteiger partial charge in [0.05, 0.1) is 18.4 Å². The van der Waals surface area contributed by atoms with Gasteiger partial charge >= 0.3 is 0 Å². The Labute approximate surface area is 113 Å². The van der Waals surface area contributed by atoms with Gasteiger partial charge in [-0.05, 0) is 36.7 Å². The number of hydrogen-bond acceptors (Lipinski definition) is 3. The maximum Gasteiger partial charge on any atom is 0.0952 e. The molecule has 1 atom stereocenters. The van der Waals surface area contributed by atoms with Crippen molar-refractivity contribution in [2.45, 2.75) is 12.5 Å². The van der Waals surface area contributed by atoms with Crippen LogP contribution < -0.4 is 5.32 Å². The third-order valence-corrected chi connectivity index (χ3v) is 3.56. The monoisotopic (exact) mass is 254 g/mol. The van der Waals surface area contributed by atoms with Crippen LogP contribution in [0.3, 0.4) is 0 Å². The highest BCUT2D eigenvalue weighted by molar-refractivity contribution is 5.66. The first kappa shape index (κ1) is 12.3. The fourth-order valence-corrected chi connectivity index (χ4v) is 2.69. The first-order chi connectivity index (χ1) is 9.40. The molecule has 0 bridgehead atoms. The molecule has 1 unspecified atom stereocenters. The molecule has 0 amide bonds. The molecule has 1 aliphatic heterocycles. The second-order valence-corrected chi connectivity index (χ2v) is 4.76. The zero-order valence-electron chi connectivity index (χ0n) is 11.1. The van der Waals surface area contributed by atoms with Gasteiger partial charge < -0.3 is 10.1 Å². The van der Waals surface area contributed by atoms with E-state index < -0.39 is 0 Å². The summed E-state index contributed by atoms with van der Waals surface area (Å²) in [7, 11) is 1.96. The minimum absolute atomic E-state index is 0.150. The molecule has 1 aliphatic rings. The fraction of sp³-hybridized carbons (Fsp3) is 0.312. The minimum Gasteiger partial charge on any atom is -0.372 e. The largest absolute Gasteiger partial charge is 0.372 e. The van der Waals surface area contributed by atoms with Crippen LogP contribution in [-0.4, -0.2) is 25.2 Å². The van der Waals surface area contributed by atoms with Gasteiger partial charge in [0.15, 0.2) is 0 Å². The molecule has 3 heteroatoms. The normalized spacial score (nSPS) is 18.1. The zero-order valence-corrected chi connectivity index (χ0v) is 11.1.